The van der Waals surface area contributed by atoms with Gasteiger partial charge in [0, 0.05) is 17.8 Å². The van der Waals surface area contributed by atoms with Crippen molar-refractivity contribution in [1.29, 1.82) is 0 Å². The number of H-pyrrole nitrogens is 1. The molecule has 1 aliphatic heterocycles. The summed E-state index contributed by atoms with van der Waals surface area (Å²) in [4.78, 5) is 0. The highest BCUT2D eigenvalue weighted by atomic mass is 15.2. The highest BCUT2D eigenvalue weighted by Crippen LogP contribution is 2.23. The number of hydrogen-bond acceptors (Lipinski definition) is 2. The monoisotopic (exact) mass is 179 g/mol. The lowest BCUT2D eigenvalue weighted by Gasteiger charge is -2.13. The van der Waals surface area contributed by atoms with Gasteiger partial charge in [-0.1, -0.05) is 13.8 Å². The quantitative estimate of drug-likeness (QED) is 0.728. The summed E-state index contributed by atoms with van der Waals surface area (Å²) in [5.74, 6) is 1.79. The maximum atomic E-state index is 4.27. The molecule has 0 atom stereocenters. The molecule has 2 heterocycles. The van der Waals surface area contributed by atoms with Crippen LogP contribution < -0.4 is 5.32 Å². The molecular weight excluding hydrogens is 162 g/mol. The smallest absolute Gasteiger partial charge is 0.151 e. The van der Waals surface area contributed by atoms with E-state index in [0.717, 1.165) is 18.8 Å². The van der Waals surface area contributed by atoms with Crippen LogP contribution in [0.1, 0.15) is 31.5 Å². The normalized spacial score (nSPS) is 15.6. The molecule has 0 radical (unpaired) electrons. The van der Waals surface area contributed by atoms with Crippen LogP contribution in [0.5, 0.6) is 0 Å². The zero-order chi connectivity index (χ0) is 9.26. The minimum Gasteiger partial charge on any atom is -0.368 e. The summed E-state index contributed by atoms with van der Waals surface area (Å²) < 4.78 is 0. The Hall–Kier alpha value is -0.990. The molecule has 0 fully saturated rings. The van der Waals surface area contributed by atoms with E-state index in [9.17, 15) is 0 Å². The number of aromatic amines is 1. The Morgan fingerprint density at radius 1 is 1.46 bits per heavy atom. The first-order valence-corrected chi connectivity index (χ1v) is 5.07. The average Bonchev–Trinajstić information content (AvgIpc) is 2.48. The molecule has 2 N–H and O–H groups in total. The Labute approximate surface area is 78.9 Å². The van der Waals surface area contributed by atoms with E-state index in [4.69, 9.17) is 0 Å². The zero-order valence-electron chi connectivity index (χ0n) is 8.35. The summed E-state index contributed by atoms with van der Waals surface area (Å²) in [7, 11) is 0. The molecule has 1 aliphatic rings. The van der Waals surface area contributed by atoms with E-state index in [1.807, 2.05) is 0 Å². The number of hydrogen-bond donors (Lipinski definition) is 2. The number of nitrogens with one attached hydrogen (secondary N) is 2. The van der Waals surface area contributed by atoms with Crippen molar-refractivity contribution < 1.29 is 0 Å². The lowest BCUT2D eigenvalue weighted by Crippen LogP contribution is -2.12. The summed E-state index contributed by atoms with van der Waals surface area (Å²) in [5, 5.41) is 10.7. The van der Waals surface area contributed by atoms with Gasteiger partial charge in [0.2, 0.25) is 0 Å². The molecule has 0 aromatic carbocycles. The topological polar surface area (TPSA) is 40.7 Å². The standard InChI is InChI=1S/C10H17N3/c1-7(2)6-9-8-4-3-5-11-10(8)13-12-9/h7H,3-6H2,1-2H3,(H2,11,12,13). The Morgan fingerprint density at radius 3 is 3.08 bits per heavy atom. The van der Waals surface area contributed by atoms with Crippen molar-refractivity contribution in [3.63, 3.8) is 0 Å². The maximum absolute atomic E-state index is 4.27. The van der Waals surface area contributed by atoms with E-state index < -0.39 is 0 Å². The molecule has 0 unspecified atom stereocenters. The Morgan fingerprint density at radius 2 is 2.31 bits per heavy atom. The van der Waals surface area contributed by atoms with Crippen LogP contribution in [0.15, 0.2) is 0 Å². The maximum Gasteiger partial charge on any atom is 0.151 e. The molecule has 1 aromatic rings. The minimum absolute atomic E-state index is 0.700. The van der Waals surface area contributed by atoms with Crippen LogP contribution in [0.25, 0.3) is 0 Å². The summed E-state index contributed by atoms with van der Waals surface area (Å²) in [6.07, 6.45) is 3.53. The fourth-order valence-electron chi connectivity index (χ4n) is 1.87. The third-order valence-electron chi connectivity index (χ3n) is 2.46. The van der Waals surface area contributed by atoms with Gasteiger partial charge in [0.1, 0.15) is 0 Å². The van der Waals surface area contributed by atoms with Gasteiger partial charge in [-0.25, -0.2) is 0 Å². The Bertz CT molecular complexity index is 288. The summed E-state index contributed by atoms with van der Waals surface area (Å²) in [6.45, 7) is 5.55. The van der Waals surface area contributed by atoms with Crippen molar-refractivity contribution in [2.75, 3.05) is 11.9 Å². The van der Waals surface area contributed by atoms with E-state index in [1.165, 1.54) is 24.1 Å². The van der Waals surface area contributed by atoms with Gasteiger partial charge >= 0.3 is 0 Å². The van der Waals surface area contributed by atoms with Crippen molar-refractivity contribution >= 4 is 5.82 Å². The van der Waals surface area contributed by atoms with Gasteiger partial charge < -0.3 is 5.32 Å². The molecule has 13 heavy (non-hydrogen) atoms. The van der Waals surface area contributed by atoms with Crippen LogP contribution in [-0.2, 0) is 12.8 Å². The summed E-state index contributed by atoms with van der Waals surface area (Å²) in [6, 6.07) is 0. The predicted octanol–water partition coefficient (Wildman–Crippen LogP) is 1.97. The number of nitrogens with zero attached hydrogens (tertiary/aromatic N) is 1. The van der Waals surface area contributed by atoms with E-state index in [2.05, 4.69) is 29.4 Å². The lowest BCUT2D eigenvalue weighted by molar-refractivity contribution is 0.628. The van der Waals surface area contributed by atoms with Gasteiger partial charge in [-0.2, -0.15) is 5.10 Å². The van der Waals surface area contributed by atoms with Gasteiger partial charge in [0.15, 0.2) is 5.82 Å². The predicted molar refractivity (Wildman–Crippen MR) is 53.9 cm³/mol. The molecule has 2 rings (SSSR count). The molecule has 0 aliphatic carbocycles. The molecule has 72 valence electrons. The fraction of sp³-hybridized carbons (Fsp3) is 0.700. The van der Waals surface area contributed by atoms with Gasteiger partial charge in [-0.05, 0) is 25.2 Å². The highest BCUT2D eigenvalue weighted by Gasteiger charge is 2.16. The Balaban J connectivity index is 2.21. The molecule has 0 saturated carbocycles. The number of anilines is 1. The number of fused-ring (bicyclic) bond motifs is 1. The van der Waals surface area contributed by atoms with Crippen LogP contribution in [-0.4, -0.2) is 16.7 Å². The molecule has 0 saturated heterocycles. The molecular formula is C10H17N3. The van der Waals surface area contributed by atoms with Crippen molar-refractivity contribution in [2.45, 2.75) is 33.1 Å². The van der Waals surface area contributed by atoms with E-state index in [0.29, 0.717) is 5.92 Å². The van der Waals surface area contributed by atoms with Gasteiger partial charge in [-0.3, -0.25) is 5.10 Å². The molecule has 3 nitrogen and oxygen atoms in total. The van der Waals surface area contributed by atoms with E-state index in [1.54, 1.807) is 0 Å². The number of rotatable bonds is 2. The second kappa shape index (κ2) is 3.40. The van der Waals surface area contributed by atoms with Crippen LogP contribution in [0.3, 0.4) is 0 Å². The Kier molecular flexibility index (Phi) is 2.25. The second-order valence-corrected chi connectivity index (χ2v) is 4.16. The fourth-order valence-corrected chi connectivity index (χ4v) is 1.87. The van der Waals surface area contributed by atoms with E-state index >= 15 is 0 Å². The van der Waals surface area contributed by atoms with Crippen LogP contribution in [0.4, 0.5) is 5.82 Å². The number of aromatic nitrogens is 2. The van der Waals surface area contributed by atoms with E-state index in [-0.39, 0.29) is 0 Å². The average molecular weight is 179 g/mol. The molecule has 3 heteroatoms. The van der Waals surface area contributed by atoms with Crippen molar-refractivity contribution in [1.82, 2.24) is 10.2 Å². The molecule has 0 amide bonds. The van der Waals surface area contributed by atoms with Gasteiger partial charge in [-0.15, -0.1) is 0 Å². The summed E-state index contributed by atoms with van der Waals surface area (Å²) in [5.41, 5.74) is 2.75. The lowest BCUT2D eigenvalue weighted by atomic mass is 10.0. The largest absolute Gasteiger partial charge is 0.368 e. The first kappa shape index (κ1) is 8.60. The second-order valence-electron chi connectivity index (χ2n) is 4.16. The third-order valence-corrected chi connectivity index (χ3v) is 2.46. The van der Waals surface area contributed by atoms with Gasteiger partial charge in [0.05, 0.1) is 0 Å². The minimum atomic E-state index is 0.700. The highest BCUT2D eigenvalue weighted by molar-refractivity contribution is 5.48. The molecule has 1 aromatic heterocycles. The van der Waals surface area contributed by atoms with Crippen LogP contribution in [0.2, 0.25) is 0 Å². The van der Waals surface area contributed by atoms with Gasteiger partial charge in [0.25, 0.3) is 0 Å². The van der Waals surface area contributed by atoms with Crippen molar-refractivity contribution in [2.24, 2.45) is 5.92 Å². The SMILES string of the molecule is CC(C)Cc1[nH]nc2c1CCCN2. The zero-order valence-corrected chi connectivity index (χ0v) is 8.35. The first-order valence-electron chi connectivity index (χ1n) is 5.07. The van der Waals surface area contributed by atoms with Crippen molar-refractivity contribution in [3.8, 4) is 0 Å². The first-order chi connectivity index (χ1) is 6.27. The molecule has 0 spiro atoms. The van der Waals surface area contributed by atoms with Crippen LogP contribution in [0, 0.1) is 5.92 Å². The summed E-state index contributed by atoms with van der Waals surface area (Å²) >= 11 is 0. The van der Waals surface area contributed by atoms with Crippen molar-refractivity contribution in [3.05, 3.63) is 11.3 Å². The van der Waals surface area contributed by atoms with Crippen LogP contribution >= 0.6 is 0 Å². The third kappa shape index (κ3) is 1.69. The molecule has 0 bridgehead atoms.